The Labute approximate surface area is 119 Å². The van der Waals surface area contributed by atoms with Crippen molar-refractivity contribution in [2.24, 2.45) is 5.73 Å². The lowest BCUT2D eigenvalue weighted by Crippen LogP contribution is -2.52. The molecule has 2 aliphatic heterocycles. The topological polar surface area (TPSA) is 98.9 Å². The summed E-state index contributed by atoms with van der Waals surface area (Å²) < 4.78 is 0. The number of nitrogens with one attached hydrogen (secondary N) is 1. The number of carbonyl (C=O) groups is 2. The molecule has 0 aromatic carbocycles. The Balaban J connectivity index is 1.82. The molecule has 1 atom stereocenters. The summed E-state index contributed by atoms with van der Waals surface area (Å²) in [5.41, 5.74) is 5.36. The van der Waals surface area contributed by atoms with Crippen molar-refractivity contribution in [2.45, 2.75) is 37.8 Å². The smallest absolute Gasteiger partial charge is 0.320 e. The number of urea groups is 1. The highest BCUT2D eigenvalue weighted by molar-refractivity contribution is 5.74. The van der Waals surface area contributed by atoms with E-state index in [0.717, 1.165) is 32.2 Å². The standard InChI is InChI=1S/C13H24N4O3/c14-5-6-15-13(20)16-8-3-10(4-9-16)17-7-1-2-11(17)12(18)19/h10-11H,1-9,14H2,(H,15,20)(H,18,19). The first kappa shape index (κ1) is 15.1. The average molecular weight is 284 g/mol. The van der Waals surface area contributed by atoms with Gasteiger partial charge < -0.3 is 21.1 Å². The van der Waals surface area contributed by atoms with Gasteiger partial charge in [0.25, 0.3) is 0 Å². The third kappa shape index (κ3) is 3.40. The summed E-state index contributed by atoms with van der Waals surface area (Å²) in [5.74, 6) is -0.717. The molecule has 0 aliphatic carbocycles. The average Bonchev–Trinajstić information content (AvgIpc) is 2.94. The van der Waals surface area contributed by atoms with Gasteiger partial charge in [0.1, 0.15) is 6.04 Å². The van der Waals surface area contributed by atoms with Gasteiger partial charge in [-0.15, -0.1) is 0 Å². The number of piperidine rings is 1. The number of carbonyl (C=O) groups excluding carboxylic acids is 1. The number of aliphatic carboxylic acids is 1. The van der Waals surface area contributed by atoms with E-state index in [1.165, 1.54) is 0 Å². The first-order valence-corrected chi connectivity index (χ1v) is 7.35. The monoisotopic (exact) mass is 284 g/mol. The molecule has 0 bridgehead atoms. The van der Waals surface area contributed by atoms with E-state index >= 15 is 0 Å². The summed E-state index contributed by atoms with van der Waals surface area (Å²) in [7, 11) is 0. The van der Waals surface area contributed by atoms with Crippen molar-refractivity contribution in [1.82, 2.24) is 15.1 Å². The van der Waals surface area contributed by atoms with Crippen LogP contribution in [0.15, 0.2) is 0 Å². The molecule has 0 aromatic heterocycles. The van der Waals surface area contributed by atoms with Crippen LogP contribution in [0.4, 0.5) is 4.79 Å². The van der Waals surface area contributed by atoms with Gasteiger partial charge in [-0.3, -0.25) is 9.69 Å². The molecule has 2 amide bonds. The van der Waals surface area contributed by atoms with Crippen LogP contribution in [0.2, 0.25) is 0 Å². The molecule has 0 radical (unpaired) electrons. The van der Waals surface area contributed by atoms with E-state index in [1.807, 2.05) is 0 Å². The van der Waals surface area contributed by atoms with E-state index in [4.69, 9.17) is 5.73 Å². The Kier molecular flexibility index (Phi) is 5.19. The van der Waals surface area contributed by atoms with Crippen LogP contribution in [0.1, 0.15) is 25.7 Å². The van der Waals surface area contributed by atoms with Crippen LogP contribution in [0.5, 0.6) is 0 Å². The van der Waals surface area contributed by atoms with Gasteiger partial charge in [0.05, 0.1) is 0 Å². The van der Waals surface area contributed by atoms with E-state index in [9.17, 15) is 14.7 Å². The number of carboxylic acids is 1. The highest BCUT2D eigenvalue weighted by Crippen LogP contribution is 2.26. The molecular weight excluding hydrogens is 260 g/mol. The Hall–Kier alpha value is -1.34. The number of nitrogens with zero attached hydrogens (tertiary/aromatic N) is 2. The molecule has 2 fully saturated rings. The fourth-order valence-electron chi connectivity index (χ4n) is 3.18. The second kappa shape index (κ2) is 6.90. The fraction of sp³-hybridized carbons (Fsp3) is 0.846. The van der Waals surface area contributed by atoms with Crippen LogP contribution in [-0.4, -0.2) is 71.7 Å². The minimum absolute atomic E-state index is 0.0647. The maximum Gasteiger partial charge on any atom is 0.320 e. The van der Waals surface area contributed by atoms with E-state index in [1.54, 1.807) is 4.90 Å². The van der Waals surface area contributed by atoms with Gasteiger partial charge in [-0.2, -0.15) is 0 Å². The third-order valence-electron chi connectivity index (χ3n) is 4.22. The van der Waals surface area contributed by atoms with Crippen molar-refractivity contribution in [3.8, 4) is 0 Å². The predicted octanol–water partition coefficient (Wildman–Crippen LogP) is -0.332. The Morgan fingerprint density at radius 3 is 2.50 bits per heavy atom. The SMILES string of the molecule is NCCNC(=O)N1CCC(N2CCCC2C(=O)O)CC1. The first-order chi connectivity index (χ1) is 9.63. The zero-order valence-corrected chi connectivity index (χ0v) is 11.8. The van der Waals surface area contributed by atoms with E-state index in [-0.39, 0.29) is 18.1 Å². The number of hydrogen-bond acceptors (Lipinski definition) is 4. The minimum Gasteiger partial charge on any atom is -0.480 e. The molecular formula is C13H24N4O3. The number of carboxylic acid groups (broad SMARTS) is 1. The van der Waals surface area contributed by atoms with Crippen LogP contribution in [-0.2, 0) is 4.79 Å². The molecule has 0 spiro atoms. The van der Waals surface area contributed by atoms with Gasteiger partial charge in [0.15, 0.2) is 0 Å². The fourth-order valence-corrected chi connectivity index (χ4v) is 3.18. The van der Waals surface area contributed by atoms with Gasteiger partial charge in [-0.25, -0.2) is 4.79 Å². The van der Waals surface area contributed by atoms with Crippen LogP contribution >= 0.6 is 0 Å². The van der Waals surface area contributed by atoms with E-state index in [2.05, 4.69) is 10.2 Å². The summed E-state index contributed by atoms with van der Waals surface area (Å²) >= 11 is 0. The van der Waals surface area contributed by atoms with E-state index in [0.29, 0.717) is 26.2 Å². The van der Waals surface area contributed by atoms with Gasteiger partial charge in [-0.05, 0) is 32.2 Å². The number of amides is 2. The van der Waals surface area contributed by atoms with Crippen LogP contribution < -0.4 is 11.1 Å². The summed E-state index contributed by atoms with van der Waals surface area (Å²) in [5, 5.41) is 12.0. The van der Waals surface area contributed by atoms with Crippen molar-refractivity contribution >= 4 is 12.0 Å². The lowest BCUT2D eigenvalue weighted by atomic mass is 10.0. The van der Waals surface area contributed by atoms with Crippen molar-refractivity contribution in [1.29, 1.82) is 0 Å². The summed E-state index contributed by atoms with van der Waals surface area (Å²) in [6.45, 7) is 3.16. The van der Waals surface area contributed by atoms with Crippen molar-refractivity contribution in [3.63, 3.8) is 0 Å². The van der Waals surface area contributed by atoms with Gasteiger partial charge in [0, 0.05) is 32.2 Å². The Morgan fingerprint density at radius 1 is 1.20 bits per heavy atom. The Morgan fingerprint density at radius 2 is 1.90 bits per heavy atom. The molecule has 7 nitrogen and oxygen atoms in total. The van der Waals surface area contributed by atoms with Crippen LogP contribution in [0.3, 0.4) is 0 Å². The molecule has 20 heavy (non-hydrogen) atoms. The zero-order valence-electron chi connectivity index (χ0n) is 11.8. The van der Waals surface area contributed by atoms with Crippen molar-refractivity contribution in [2.75, 3.05) is 32.7 Å². The molecule has 2 heterocycles. The highest BCUT2D eigenvalue weighted by Gasteiger charge is 2.37. The lowest BCUT2D eigenvalue weighted by Gasteiger charge is -2.38. The molecule has 0 saturated carbocycles. The van der Waals surface area contributed by atoms with Gasteiger partial charge in [0.2, 0.25) is 0 Å². The molecule has 2 rings (SSSR count). The zero-order chi connectivity index (χ0) is 14.5. The minimum atomic E-state index is -0.717. The highest BCUT2D eigenvalue weighted by atomic mass is 16.4. The van der Waals surface area contributed by atoms with Crippen molar-refractivity contribution in [3.05, 3.63) is 0 Å². The molecule has 4 N–H and O–H groups in total. The van der Waals surface area contributed by atoms with Crippen molar-refractivity contribution < 1.29 is 14.7 Å². The second-order valence-corrected chi connectivity index (χ2v) is 5.47. The molecule has 0 aromatic rings. The summed E-state index contributed by atoms with van der Waals surface area (Å²) in [6, 6.07) is -0.111. The maximum absolute atomic E-state index is 11.8. The summed E-state index contributed by atoms with van der Waals surface area (Å²) in [6.07, 6.45) is 3.39. The number of rotatable bonds is 4. The van der Waals surface area contributed by atoms with E-state index < -0.39 is 5.97 Å². The Bertz CT molecular complexity index is 356. The van der Waals surface area contributed by atoms with Gasteiger partial charge >= 0.3 is 12.0 Å². The number of likely N-dealkylation sites (tertiary alicyclic amines) is 2. The lowest BCUT2D eigenvalue weighted by molar-refractivity contribution is -0.143. The normalized spacial score (nSPS) is 24.9. The molecule has 2 aliphatic rings. The van der Waals surface area contributed by atoms with Crippen LogP contribution in [0, 0.1) is 0 Å². The largest absolute Gasteiger partial charge is 0.480 e. The molecule has 114 valence electrons. The molecule has 2 saturated heterocycles. The summed E-state index contributed by atoms with van der Waals surface area (Å²) in [4.78, 5) is 26.9. The molecule has 7 heteroatoms. The quantitative estimate of drug-likeness (QED) is 0.656. The molecule has 1 unspecified atom stereocenters. The predicted molar refractivity (Wildman–Crippen MR) is 74.4 cm³/mol. The first-order valence-electron chi connectivity index (χ1n) is 7.35. The third-order valence-corrected chi connectivity index (χ3v) is 4.22. The number of nitrogens with two attached hydrogens (primary N) is 1. The van der Waals surface area contributed by atoms with Crippen LogP contribution in [0.25, 0.3) is 0 Å². The second-order valence-electron chi connectivity index (χ2n) is 5.47. The van der Waals surface area contributed by atoms with Gasteiger partial charge in [-0.1, -0.05) is 0 Å². The maximum atomic E-state index is 11.8. The number of hydrogen-bond donors (Lipinski definition) is 3.